The van der Waals surface area contributed by atoms with Crippen molar-refractivity contribution < 1.29 is 9.59 Å². The zero-order valence-electron chi connectivity index (χ0n) is 14.0. The van der Waals surface area contributed by atoms with E-state index in [4.69, 9.17) is 0 Å². The van der Waals surface area contributed by atoms with Crippen LogP contribution in [0.4, 0.5) is 10.5 Å². The van der Waals surface area contributed by atoms with Crippen LogP contribution in [0.15, 0.2) is 18.2 Å². The molecular weight excluding hydrogens is 308 g/mol. The van der Waals surface area contributed by atoms with Crippen molar-refractivity contribution in [3.05, 3.63) is 18.2 Å². The van der Waals surface area contributed by atoms with Gasteiger partial charge in [0.2, 0.25) is 5.91 Å². The highest BCUT2D eigenvalue weighted by molar-refractivity contribution is 6.00. The van der Waals surface area contributed by atoms with Crippen LogP contribution in [0.5, 0.6) is 0 Å². The Kier molecular flexibility index (Phi) is 4.64. The third-order valence-electron chi connectivity index (χ3n) is 4.39. The molecule has 1 atom stereocenters. The molecule has 0 saturated carbocycles. The monoisotopic (exact) mass is 330 g/mol. The molecular formula is C16H22N6O2. The fourth-order valence-corrected chi connectivity index (χ4v) is 2.99. The Labute approximate surface area is 140 Å². The number of H-pyrrole nitrogens is 1. The Hall–Kier alpha value is -2.64. The maximum atomic E-state index is 12.7. The van der Waals surface area contributed by atoms with Crippen LogP contribution in [0, 0.1) is 0 Å². The van der Waals surface area contributed by atoms with Crippen molar-refractivity contribution in [1.29, 1.82) is 0 Å². The second kappa shape index (κ2) is 6.86. The van der Waals surface area contributed by atoms with Gasteiger partial charge < -0.3 is 15.1 Å². The molecule has 24 heavy (non-hydrogen) atoms. The van der Waals surface area contributed by atoms with Gasteiger partial charge in [-0.25, -0.2) is 4.79 Å². The largest absolute Gasteiger partial charge is 0.342 e. The number of benzene rings is 1. The number of fused-ring (bicyclic) bond motifs is 1. The SMILES string of the molecule is CCCC[C@H]1C(=O)N(C)CCN1C(=O)Nc1cccc2n[nH]nc12. The molecule has 1 saturated heterocycles. The van der Waals surface area contributed by atoms with Gasteiger partial charge in [-0.05, 0) is 18.6 Å². The number of carbonyl (C=O) groups is 2. The molecule has 1 fully saturated rings. The number of hydrogen-bond acceptors (Lipinski definition) is 4. The summed E-state index contributed by atoms with van der Waals surface area (Å²) < 4.78 is 0. The Morgan fingerprint density at radius 2 is 2.21 bits per heavy atom. The van der Waals surface area contributed by atoms with Gasteiger partial charge in [-0.3, -0.25) is 4.79 Å². The third kappa shape index (κ3) is 3.04. The molecule has 1 aromatic carbocycles. The number of unbranched alkanes of at least 4 members (excludes halogenated alkanes) is 1. The van der Waals surface area contributed by atoms with Crippen LogP contribution >= 0.6 is 0 Å². The highest BCUT2D eigenvalue weighted by Crippen LogP contribution is 2.21. The molecule has 3 amide bonds. The van der Waals surface area contributed by atoms with E-state index in [1.807, 2.05) is 12.1 Å². The van der Waals surface area contributed by atoms with Gasteiger partial charge in [0.25, 0.3) is 0 Å². The van der Waals surface area contributed by atoms with Crippen LogP contribution in [-0.4, -0.2) is 63.3 Å². The number of piperazine rings is 1. The lowest BCUT2D eigenvalue weighted by molar-refractivity contribution is -0.138. The molecule has 1 aromatic heterocycles. The summed E-state index contributed by atoms with van der Waals surface area (Å²) in [5, 5.41) is 13.5. The molecule has 2 heterocycles. The maximum Gasteiger partial charge on any atom is 0.322 e. The van der Waals surface area contributed by atoms with Crippen molar-refractivity contribution in [3.8, 4) is 0 Å². The minimum atomic E-state index is -0.403. The first-order valence-corrected chi connectivity index (χ1v) is 8.24. The molecule has 3 rings (SSSR count). The number of para-hydroxylation sites is 1. The normalized spacial score (nSPS) is 18.2. The summed E-state index contributed by atoms with van der Waals surface area (Å²) in [6, 6.07) is 4.73. The number of rotatable bonds is 4. The van der Waals surface area contributed by atoms with E-state index in [-0.39, 0.29) is 11.9 Å². The second-order valence-electron chi connectivity index (χ2n) is 6.04. The van der Waals surface area contributed by atoms with Gasteiger partial charge in [0.1, 0.15) is 17.1 Å². The molecule has 0 aliphatic carbocycles. The van der Waals surface area contributed by atoms with Crippen molar-refractivity contribution >= 4 is 28.7 Å². The van der Waals surface area contributed by atoms with E-state index in [0.29, 0.717) is 36.2 Å². The lowest BCUT2D eigenvalue weighted by atomic mass is 10.0. The summed E-state index contributed by atoms with van der Waals surface area (Å²) in [5.41, 5.74) is 1.88. The van der Waals surface area contributed by atoms with Gasteiger partial charge in [-0.2, -0.15) is 15.4 Å². The topological polar surface area (TPSA) is 94.2 Å². The summed E-state index contributed by atoms with van der Waals surface area (Å²) in [4.78, 5) is 28.5. The number of amides is 3. The first-order valence-electron chi connectivity index (χ1n) is 8.24. The van der Waals surface area contributed by atoms with Gasteiger partial charge in [0.05, 0.1) is 5.69 Å². The van der Waals surface area contributed by atoms with Crippen LogP contribution in [0.3, 0.4) is 0 Å². The van der Waals surface area contributed by atoms with Crippen LogP contribution in [0.25, 0.3) is 11.0 Å². The zero-order chi connectivity index (χ0) is 17.1. The van der Waals surface area contributed by atoms with E-state index < -0.39 is 6.04 Å². The standard InChI is InChI=1S/C16H22N6O2/c1-3-4-8-13-15(23)21(2)9-10-22(13)16(24)17-11-6-5-7-12-14(11)19-20-18-12/h5-7,13H,3-4,8-10H2,1-2H3,(H,17,24)(H,18,19,20)/t13-/m0/s1. The number of aromatic nitrogens is 3. The molecule has 2 aromatic rings. The fourth-order valence-electron chi connectivity index (χ4n) is 2.99. The number of nitrogens with one attached hydrogen (secondary N) is 2. The van der Waals surface area contributed by atoms with Gasteiger partial charge in [-0.15, -0.1) is 0 Å². The average Bonchev–Trinajstić information content (AvgIpc) is 3.06. The molecule has 0 radical (unpaired) electrons. The van der Waals surface area contributed by atoms with Gasteiger partial charge in [0.15, 0.2) is 0 Å². The lowest BCUT2D eigenvalue weighted by Crippen LogP contribution is -2.58. The average molecular weight is 330 g/mol. The van der Waals surface area contributed by atoms with Crippen molar-refractivity contribution in [2.24, 2.45) is 0 Å². The minimum absolute atomic E-state index is 0.00416. The molecule has 8 nitrogen and oxygen atoms in total. The van der Waals surface area contributed by atoms with Gasteiger partial charge in [0, 0.05) is 20.1 Å². The number of nitrogens with zero attached hydrogens (tertiary/aromatic N) is 4. The first-order chi connectivity index (χ1) is 11.6. The highest BCUT2D eigenvalue weighted by Gasteiger charge is 2.35. The van der Waals surface area contributed by atoms with Gasteiger partial charge in [-0.1, -0.05) is 25.8 Å². The minimum Gasteiger partial charge on any atom is -0.342 e. The third-order valence-corrected chi connectivity index (χ3v) is 4.39. The Bertz CT molecular complexity index is 743. The van der Waals surface area contributed by atoms with Crippen LogP contribution in [0.1, 0.15) is 26.2 Å². The lowest BCUT2D eigenvalue weighted by Gasteiger charge is -2.39. The summed E-state index contributed by atoms with van der Waals surface area (Å²) in [7, 11) is 1.78. The predicted octanol–water partition coefficient (Wildman–Crippen LogP) is 1.82. The Morgan fingerprint density at radius 3 is 3.00 bits per heavy atom. The molecule has 0 spiro atoms. The molecule has 0 bridgehead atoms. The highest BCUT2D eigenvalue weighted by atomic mass is 16.2. The number of aromatic amines is 1. The summed E-state index contributed by atoms with van der Waals surface area (Å²) >= 11 is 0. The molecule has 128 valence electrons. The Balaban J connectivity index is 1.79. The number of anilines is 1. The molecule has 8 heteroatoms. The quantitative estimate of drug-likeness (QED) is 0.894. The van der Waals surface area contributed by atoms with E-state index in [1.165, 1.54) is 0 Å². The molecule has 2 N–H and O–H groups in total. The number of likely N-dealkylation sites (N-methyl/N-ethyl adjacent to an activating group) is 1. The van der Waals surface area contributed by atoms with E-state index in [0.717, 1.165) is 12.8 Å². The predicted molar refractivity (Wildman–Crippen MR) is 90.6 cm³/mol. The van der Waals surface area contributed by atoms with Crippen molar-refractivity contribution in [2.45, 2.75) is 32.2 Å². The maximum absolute atomic E-state index is 12.7. The van der Waals surface area contributed by atoms with E-state index in [1.54, 1.807) is 22.9 Å². The van der Waals surface area contributed by atoms with Crippen LogP contribution in [-0.2, 0) is 4.79 Å². The number of hydrogen-bond donors (Lipinski definition) is 2. The van der Waals surface area contributed by atoms with E-state index >= 15 is 0 Å². The summed E-state index contributed by atoms with van der Waals surface area (Å²) in [6.07, 6.45) is 2.58. The zero-order valence-corrected chi connectivity index (χ0v) is 14.0. The fraction of sp³-hybridized carbons (Fsp3) is 0.500. The second-order valence-corrected chi connectivity index (χ2v) is 6.04. The van der Waals surface area contributed by atoms with Crippen molar-refractivity contribution in [3.63, 3.8) is 0 Å². The molecule has 0 unspecified atom stereocenters. The number of carbonyl (C=O) groups excluding carboxylic acids is 2. The smallest absolute Gasteiger partial charge is 0.322 e. The molecule has 1 aliphatic heterocycles. The first kappa shape index (κ1) is 16.2. The molecule has 1 aliphatic rings. The van der Waals surface area contributed by atoms with Gasteiger partial charge >= 0.3 is 6.03 Å². The van der Waals surface area contributed by atoms with Crippen molar-refractivity contribution in [2.75, 3.05) is 25.5 Å². The number of urea groups is 1. The van der Waals surface area contributed by atoms with E-state index in [2.05, 4.69) is 27.7 Å². The van der Waals surface area contributed by atoms with Crippen LogP contribution in [0.2, 0.25) is 0 Å². The Morgan fingerprint density at radius 1 is 1.38 bits per heavy atom. The summed E-state index contributed by atoms with van der Waals surface area (Å²) in [6.45, 7) is 3.15. The van der Waals surface area contributed by atoms with E-state index in [9.17, 15) is 9.59 Å². The summed E-state index contributed by atoms with van der Waals surface area (Å²) in [5.74, 6) is 0.00416. The van der Waals surface area contributed by atoms with Crippen LogP contribution < -0.4 is 5.32 Å². The van der Waals surface area contributed by atoms with Crippen molar-refractivity contribution in [1.82, 2.24) is 25.2 Å².